The van der Waals surface area contributed by atoms with Crippen LogP contribution in [0.3, 0.4) is 0 Å². The van der Waals surface area contributed by atoms with Gasteiger partial charge in [-0.15, -0.1) is 0 Å². The molecule has 0 heterocycles. The maximum Gasteiger partial charge on any atom is 0.220 e. The van der Waals surface area contributed by atoms with Crippen molar-refractivity contribution in [2.45, 2.75) is 213 Å². The summed E-state index contributed by atoms with van der Waals surface area (Å²) in [4.78, 5) is 12.3. The Morgan fingerprint density at radius 3 is 1.45 bits per heavy atom. The molecule has 0 saturated heterocycles. The van der Waals surface area contributed by atoms with E-state index in [-0.39, 0.29) is 12.5 Å². The van der Waals surface area contributed by atoms with Crippen LogP contribution in [0.25, 0.3) is 0 Å². The normalized spacial score (nSPS) is 13.3. The first kappa shape index (κ1) is 41.1. The van der Waals surface area contributed by atoms with Gasteiger partial charge in [0.05, 0.1) is 18.8 Å². The van der Waals surface area contributed by atoms with Crippen molar-refractivity contribution in [2.75, 3.05) is 6.61 Å². The van der Waals surface area contributed by atoms with Crippen LogP contribution in [0, 0.1) is 5.92 Å². The van der Waals surface area contributed by atoms with Crippen LogP contribution in [0.15, 0.2) is 12.2 Å². The maximum absolute atomic E-state index is 12.3. The third-order valence-corrected chi connectivity index (χ3v) is 8.70. The first-order valence-electron chi connectivity index (χ1n) is 18.8. The molecule has 1 amide bonds. The summed E-state index contributed by atoms with van der Waals surface area (Å²) in [5.41, 5.74) is 0. The lowest BCUT2D eigenvalue weighted by molar-refractivity contribution is -0.123. The van der Waals surface area contributed by atoms with E-state index in [0.29, 0.717) is 6.42 Å². The molecule has 0 aromatic rings. The van der Waals surface area contributed by atoms with Crippen LogP contribution in [0.4, 0.5) is 0 Å². The number of hydrogen-bond donors (Lipinski definition) is 3. The van der Waals surface area contributed by atoms with Crippen molar-refractivity contribution >= 4 is 5.91 Å². The molecule has 2 atom stereocenters. The Balaban J connectivity index is 3.57. The van der Waals surface area contributed by atoms with Gasteiger partial charge in [-0.25, -0.2) is 0 Å². The number of carbonyl (C=O) groups excluding carboxylic acids is 1. The molecule has 0 rings (SSSR count). The van der Waals surface area contributed by atoms with E-state index in [2.05, 4.69) is 26.1 Å². The minimum atomic E-state index is -0.833. The summed E-state index contributed by atoms with van der Waals surface area (Å²) < 4.78 is 0. The van der Waals surface area contributed by atoms with E-state index in [0.717, 1.165) is 31.6 Å². The molecule has 0 radical (unpaired) electrons. The van der Waals surface area contributed by atoms with Crippen molar-refractivity contribution in [3.63, 3.8) is 0 Å². The van der Waals surface area contributed by atoms with Crippen molar-refractivity contribution in [3.05, 3.63) is 12.2 Å². The van der Waals surface area contributed by atoms with Crippen molar-refractivity contribution in [1.82, 2.24) is 5.32 Å². The van der Waals surface area contributed by atoms with Crippen LogP contribution in [0.5, 0.6) is 0 Å². The number of unbranched alkanes of at least 4 members (excludes halogenated alkanes) is 24. The lowest BCUT2D eigenvalue weighted by Gasteiger charge is -2.20. The highest BCUT2D eigenvalue weighted by Gasteiger charge is 2.17. The third-order valence-electron chi connectivity index (χ3n) is 8.70. The van der Waals surface area contributed by atoms with E-state index in [1.807, 2.05) is 6.08 Å². The zero-order valence-corrected chi connectivity index (χ0v) is 28.7. The number of nitrogens with one attached hydrogen (secondary N) is 1. The van der Waals surface area contributed by atoms with Crippen molar-refractivity contribution in [3.8, 4) is 0 Å². The fraction of sp³-hybridized carbons (Fsp3) is 0.921. The quantitative estimate of drug-likeness (QED) is 0.0523. The Morgan fingerprint density at radius 2 is 1.02 bits per heavy atom. The number of aliphatic hydroxyl groups is 2. The summed E-state index contributed by atoms with van der Waals surface area (Å²) >= 11 is 0. The fourth-order valence-corrected chi connectivity index (χ4v) is 5.77. The first-order chi connectivity index (χ1) is 20.5. The first-order valence-corrected chi connectivity index (χ1v) is 18.8. The number of hydrogen-bond acceptors (Lipinski definition) is 3. The van der Waals surface area contributed by atoms with Crippen molar-refractivity contribution < 1.29 is 15.0 Å². The molecule has 3 N–H and O–H groups in total. The fourth-order valence-electron chi connectivity index (χ4n) is 5.77. The molecule has 0 unspecified atom stereocenters. The Morgan fingerprint density at radius 1 is 0.619 bits per heavy atom. The van der Waals surface area contributed by atoms with Gasteiger partial charge in [0.25, 0.3) is 0 Å². The summed E-state index contributed by atoms with van der Waals surface area (Å²) in [6, 6.07) is -0.616. The molecule has 0 bridgehead atoms. The molecule has 0 saturated carbocycles. The van der Waals surface area contributed by atoms with Crippen LogP contribution in [-0.4, -0.2) is 34.9 Å². The molecular formula is C38H75NO3. The lowest BCUT2D eigenvalue weighted by atomic mass is 10.0. The summed E-state index contributed by atoms with van der Waals surface area (Å²) in [5, 5.41) is 22.9. The summed E-state index contributed by atoms with van der Waals surface area (Å²) in [6.07, 6.45) is 38.7. The zero-order chi connectivity index (χ0) is 30.9. The van der Waals surface area contributed by atoms with Gasteiger partial charge in [-0.1, -0.05) is 187 Å². The molecular weight excluding hydrogens is 518 g/mol. The molecule has 0 fully saturated rings. The number of carbonyl (C=O) groups is 1. The van der Waals surface area contributed by atoms with E-state index >= 15 is 0 Å². The number of aliphatic hydroxyl groups excluding tert-OH is 2. The highest BCUT2D eigenvalue weighted by molar-refractivity contribution is 5.76. The average molecular weight is 594 g/mol. The van der Waals surface area contributed by atoms with E-state index in [4.69, 9.17) is 0 Å². The van der Waals surface area contributed by atoms with Gasteiger partial charge in [0.15, 0.2) is 0 Å². The molecule has 250 valence electrons. The number of allylic oxidation sites excluding steroid dienone is 1. The highest BCUT2D eigenvalue weighted by atomic mass is 16.3. The van der Waals surface area contributed by atoms with Gasteiger partial charge in [-0.05, 0) is 25.2 Å². The number of amides is 1. The standard InChI is InChI=1S/C38H75NO3/c1-4-5-6-7-8-9-10-11-12-13-14-15-16-17-21-24-27-30-33-38(42)39-36(34-40)37(41)32-29-26-23-20-18-19-22-25-28-31-35(2)3/h29,32,35-37,40-41H,4-28,30-31,33-34H2,1-3H3,(H,39,42)/b32-29+/t36-,37+/m0/s1. The Kier molecular flexibility index (Phi) is 32.3. The van der Waals surface area contributed by atoms with E-state index in [9.17, 15) is 15.0 Å². The monoisotopic (exact) mass is 594 g/mol. The molecule has 4 heteroatoms. The van der Waals surface area contributed by atoms with Crippen LogP contribution < -0.4 is 5.32 Å². The van der Waals surface area contributed by atoms with E-state index in [1.54, 1.807) is 6.08 Å². The smallest absolute Gasteiger partial charge is 0.220 e. The minimum absolute atomic E-state index is 0.0635. The molecule has 0 aliphatic rings. The van der Waals surface area contributed by atoms with Crippen molar-refractivity contribution in [1.29, 1.82) is 0 Å². The van der Waals surface area contributed by atoms with Gasteiger partial charge >= 0.3 is 0 Å². The zero-order valence-electron chi connectivity index (χ0n) is 28.7. The minimum Gasteiger partial charge on any atom is -0.394 e. The largest absolute Gasteiger partial charge is 0.394 e. The summed E-state index contributed by atoms with van der Waals surface area (Å²) in [6.45, 7) is 6.63. The second-order valence-electron chi connectivity index (χ2n) is 13.5. The lowest BCUT2D eigenvalue weighted by Crippen LogP contribution is -2.45. The van der Waals surface area contributed by atoms with Gasteiger partial charge in [0, 0.05) is 6.42 Å². The maximum atomic E-state index is 12.3. The van der Waals surface area contributed by atoms with Crippen LogP contribution in [0.2, 0.25) is 0 Å². The Labute approximate surface area is 263 Å². The average Bonchev–Trinajstić information content (AvgIpc) is 2.97. The van der Waals surface area contributed by atoms with Crippen molar-refractivity contribution in [2.24, 2.45) is 5.92 Å². The molecule has 0 aliphatic heterocycles. The summed E-state index contributed by atoms with van der Waals surface area (Å²) in [7, 11) is 0. The van der Waals surface area contributed by atoms with E-state index < -0.39 is 12.1 Å². The van der Waals surface area contributed by atoms with Gasteiger partial charge < -0.3 is 15.5 Å². The second kappa shape index (κ2) is 33.0. The number of rotatable bonds is 33. The van der Waals surface area contributed by atoms with Gasteiger partial charge in [0.2, 0.25) is 5.91 Å². The van der Waals surface area contributed by atoms with Crippen LogP contribution in [-0.2, 0) is 4.79 Å². The van der Waals surface area contributed by atoms with Crippen LogP contribution in [0.1, 0.15) is 201 Å². The Hall–Kier alpha value is -0.870. The predicted molar refractivity (Wildman–Crippen MR) is 184 cm³/mol. The second-order valence-corrected chi connectivity index (χ2v) is 13.5. The molecule has 0 spiro atoms. The third kappa shape index (κ3) is 30.6. The molecule has 0 aromatic heterocycles. The highest BCUT2D eigenvalue weighted by Crippen LogP contribution is 2.15. The topological polar surface area (TPSA) is 69.6 Å². The predicted octanol–water partition coefficient (Wildman–Crippen LogP) is 11.0. The van der Waals surface area contributed by atoms with Gasteiger partial charge in [-0.3, -0.25) is 4.79 Å². The van der Waals surface area contributed by atoms with Gasteiger partial charge in [-0.2, -0.15) is 0 Å². The van der Waals surface area contributed by atoms with E-state index in [1.165, 1.54) is 148 Å². The molecule has 0 aromatic carbocycles. The molecule has 42 heavy (non-hydrogen) atoms. The Bertz CT molecular complexity index is 577. The SMILES string of the molecule is CCCCCCCCCCCCCCCCCCCCC(=O)N[C@@H](CO)[C@H](O)/C=C/CCCCCCCCCC(C)C. The molecule has 0 aliphatic carbocycles. The molecule has 4 nitrogen and oxygen atoms in total. The summed E-state index contributed by atoms with van der Waals surface area (Å²) in [5.74, 6) is 0.760. The van der Waals surface area contributed by atoms with Gasteiger partial charge in [0.1, 0.15) is 0 Å². The van der Waals surface area contributed by atoms with Crippen LogP contribution >= 0.6 is 0 Å².